The molecular weight excluding hydrogens is 340 g/mol. The van der Waals surface area contributed by atoms with Crippen molar-refractivity contribution >= 4 is 32.8 Å². The molecule has 0 saturated heterocycles. The lowest BCUT2D eigenvalue weighted by molar-refractivity contribution is 0.318. The van der Waals surface area contributed by atoms with Crippen LogP contribution in [-0.2, 0) is 0 Å². The zero-order valence-electron chi connectivity index (χ0n) is 14.6. The van der Waals surface area contributed by atoms with Crippen LogP contribution in [0.15, 0.2) is 54.9 Å². The van der Waals surface area contributed by atoms with E-state index in [4.69, 9.17) is 9.72 Å². The second kappa shape index (κ2) is 5.95. The van der Waals surface area contributed by atoms with Gasteiger partial charge in [-0.25, -0.2) is 4.98 Å². The standard InChI is InChI=1S/C21H16N4O2/c1-2-27-16-11-12(7-8-15(16)26)21-24-19-13-5-3-9-22-17(13)18-14(20(19)25-21)6-4-10-23-18/h3-11,26H,2H2,1H3,(H,24,25). The van der Waals surface area contributed by atoms with Gasteiger partial charge >= 0.3 is 0 Å². The summed E-state index contributed by atoms with van der Waals surface area (Å²) in [6, 6.07) is 13.1. The fraction of sp³-hybridized carbons (Fsp3) is 0.0952. The van der Waals surface area contributed by atoms with Gasteiger partial charge in [-0.15, -0.1) is 0 Å². The van der Waals surface area contributed by atoms with E-state index in [2.05, 4.69) is 15.0 Å². The van der Waals surface area contributed by atoms with Crippen LogP contribution in [-0.4, -0.2) is 31.6 Å². The van der Waals surface area contributed by atoms with Crippen molar-refractivity contribution < 1.29 is 9.84 Å². The lowest BCUT2D eigenvalue weighted by atomic mass is 10.1. The summed E-state index contributed by atoms with van der Waals surface area (Å²) in [5.74, 6) is 1.25. The number of hydrogen-bond donors (Lipinski definition) is 2. The summed E-state index contributed by atoms with van der Waals surface area (Å²) in [6.07, 6.45) is 3.54. The number of imidazole rings is 1. The molecule has 0 radical (unpaired) electrons. The molecule has 0 unspecified atom stereocenters. The van der Waals surface area contributed by atoms with Crippen LogP contribution in [0.5, 0.6) is 11.5 Å². The number of pyridine rings is 2. The van der Waals surface area contributed by atoms with Gasteiger partial charge in [-0.05, 0) is 49.4 Å². The maximum atomic E-state index is 9.96. The maximum absolute atomic E-state index is 9.96. The van der Waals surface area contributed by atoms with E-state index in [1.54, 1.807) is 24.5 Å². The van der Waals surface area contributed by atoms with Gasteiger partial charge in [0.1, 0.15) is 5.82 Å². The van der Waals surface area contributed by atoms with Crippen molar-refractivity contribution in [1.82, 2.24) is 19.9 Å². The number of ether oxygens (including phenoxy) is 1. The van der Waals surface area contributed by atoms with Crippen molar-refractivity contribution in [2.24, 2.45) is 0 Å². The van der Waals surface area contributed by atoms with Crippen molar-refractivity contribution in [2.45, 2.75) is 6.92 Å². The quantitative estimate of drug-likeness (QED) is 0.467. The second-order valence-corrected chi connectivity index (χ2v) is 6.22. The first-order valence-corrected chi connectivity index (χ1v) is 8.73. The molecule has 6 heteroatoms. The molecule has 0 amide bonds. The van der Waals surface area contributed by atoms with Crippen molar-refractivity contribution in [3.05, 3.63) is 54.9 Å². The van der Waals surface area contributed by atoms with E-state index in [0.29, 0.717) is 18.2 Å². The number of nitrogens with one attached hydrogen (secondary N) is 1. The molecule has 5 aromatic rings. The Bertz CT molecular complexity index is 1240. The lowest BCUT2D eigenvalue weighted by Gasteiger charge is -2.06. The average Bonchev–Trinajstić information content (AvgIpc) is 3.16. The number of aromatic hydroxyl groups is 1. The smallest absolute Gasteiger partial charge is 0.161 e. The molecule has 0 spiro atoms. The zero-order valence-corrected chi connectivity index (χ0v) is 14.6. The Morgan fingerprint density at radius 1 is 0.963 bits per heavy atom. The van der Waals surface area contributed by atoms with Crippen LogP contribution in [0.1, 0.15) is 6.92 Å². The van der Waals surface area contributed by atoms with Crippen LogP contribution in [0.4, 0.5) is 0 Å². The van der Waals surface area contributed by atoms with E-state index in [-0.39, 0.29) is 5.75 Å². The van der Waals surface area contributed by atoms with E-state index >= 15 is 0 Å². The lowest BCUT2D eigenvalue weighted by Crippen LogP contribution is -1.92. The van der Waals surface area contributed by atoms with E-state index in [0.717, 1.165) is 38.4 Å². The Balaban J connectivity index is 1.83. The molecular formula is C21H16N4O2. The van der Waals surface area contributed by atoms with Crippen molar-refractivity contribution in [2.75, 3.05) is 6.61 Å². The van der Waals surface area contributed by atoms with Crippen LogP contribution in [0.25, 0.3) is 44.2 Å². The van der Waals surface area contributed by atoms with Gasteiger partial charge in [0.05, 0.1) is 28.7 Å². The molecule has 27 heavy (non-hydrogen) atoms. The minimum Gasteiger partial charge on any atom is -0.504 e. The van der Waals surface area contributed by atoms with Gasteiger partial charge in [0, 0.05) is 28.7 Å². The Kier molecular flexibility index (Phi) is 3.43. The van der Waals surface area contributed by atoms with Gasteiger partial charge in [-0.3, -0.25) is 9.97 Å². The highest BCUT2D eigenvalue weighted by Crippen LogP contribution is 2.35. The molecule has 0 saturated carbocycles. The molecule has 2 N–H and O–H groups in total. The third kappa shape index (κ3) is 2.38. The van der Waals surface area contributed by atoms with Gasteiger partial charge in [0.15, 0.2) is 11.5 Å². The molecule has 0 aliphatic carbocycles. The second-order valence-electron chi connectivity index (χ2n) is 6.22. The van der Waals surface area contributed by atoms with Crippen LogP contribution in [0, 0.1) is 0 Å². The average molecular weight is 356 g/mol. The minimum absolute atomic E-state index is 0.112. The Labute approximate surface area is 154 Å². The summed E-state index contributed by atoms with van der Waals surface area (Å²) >= 11 is 0. The van der Waals surface area contributed by atoms with Crippen molar-refractivity contribution in [3.63, 3.8) is 0 Å². The Morgan fingerprint density at radius 3 is 2.48 bits per heavy atom. The van der Waals surface area contributed by atoms with Crippen LogP contribution in [0.2, 0.25) is 0 Å². The SMILES string of the molecule is CCOc1cc(-c2nc3c4cccnc4c4ncccc4c3[nH]2)ccc1O. The van der Waals surface area contributed by atoms with Gasteiger partial charge in [0.25, 0.3) is 0 Å². The number of phenolic OH excluding ortho intramolecular Hbond substituents is 1. The summed E-state index contributed by atoms with van der Waals surface area (Å²) in [5.41, 5.74) is 4.27. The summed E-state index contributed by atoms with van der Waals surface area (Å²) in [6.45, 7) is 2.36. The molecule has 3 aromatic heterocycles. The van der Waals surface area contributed by atoms with Gasteiger partial charge < -0.3 is 14.8 Å². The third-order valence-corrected chi connectivity index (χ3v) is 4.60. The predicted molar refractivity (Wildman–Crippen MR) is 105 cm³/mol. The van der Waals surface area contributed by atoms with Gasteiger partial charge in [0.2, 0.25) is 0 Å². The molecule has 5 rings (SSSR count). The first-order chi connectivity index (χ1) is 13.3. The van der Waals surface area contributed by atoms with E-state index in [1.807, 2.05) is 37.3 Å². The van der Waals surface area contributed by atoms with Gasteiger partial charge in [-0.1, -0.05) is 0 Å². The van der Waals surface area contributed by atoms with Crippen molar-refractivity contribution in [1.29, 1.82) is 0 Å². The highest BCUT2D eigenvalue weighted by atomic mass is 16.5. The van der Waals surface area contributed by atoms with E-state index in [1.165, 1.54) is 0 Å². The number of phenols is 1. The first-order valence-electron chi connectivity index (χ1n) is 8.73. The molecule has 6 nitrogen and oxygen atoms in total. The number of fused-ring (bicyclic) bond motifs is 6. The van der Waals surface area contributed by atoms with E-state index < -0.39 is 0 Å². The predicted octanol–water partition coefficient (Wildman–Crippen LogP) is 4.43. The molecule has 0 aliphatic rings. The fourth-order valence-electron chi connectivity index (χ4n) is 3.41. The largest absolute Gasteiger partial charge is 0.504 e. The van der Waals surface area contributed by atoms with E-state index in [9.17, 15) is 5.11 Å². The minimum atomic E-state index is 0.112. The summed E-state index contributed by atoms with van der Waals surface area (Å²) in [7, 11) is 0. The number of H-pyrrole nitrogens is 1. The van der Waals surface area contributed by atoms with Gasteiger partial charge in [-0.2, -0.15) is 0 Å². The molecule has 3 heterocycles. The summed E-state index contributed by atoms with van der Waals surface area (Å²) in [4.78, 5) is 17.3. The number of aromatic nitrogens is 4. The summed E-state index contributed by atoms with van der Waals surface area (Å²) < 4.78 is 5.50. The third-order valence-electron chi connectivity index (χ3n) is 4.60. The topological polar surface area (TPSA) is 83.9 Å². The summed E-state index contributed by atoms with van der Waals surface area (Å²) in [5, 5.41) is 11.9. The molecule has 2 aromatic carbocycles. The normalized spacial score (nSPS) is 11.4. The number of rotatable bonds is 3. The van der Waals surface area contributed by atoms with Crippen LogP contribution < -0.4 is 4.74 Å². The number of nitrogens with zero attached hydrogens (tertiary/aromatic N) is 3. The molecule has 132 valence electrons. The Hall–Kier alpha value is -3.67. The first kappa shape index (κ1) is 15.6. The monoisotopic (exact) mass is 356 g/mol. The molecule has 0 atom stereocenters. The van der Waals surface area contributed by atoms with Crippen LogP contribution in [0.3, 0.4) is 0 Å². The highest BCUT2D eigenvalue weighted by molar-refractivity contribution is 6.21. The molecule has 0 bridgehead atoms. The van der Waals surface area contributed by atoms with Crippen LogP contribution >= 0.6 is 0 Å². The fourth-order valence-corrected chi connectivity index (χ4v) is 3.41. The molecule has 0 aliphatic heterocycles. The number of benzene rings is 2. The van der Waals surface area contributed by atoms with Crippen molar-refractivity contribution in [3.8, 4) is 22.9 Å². The number of hydrogen-bond acceptors (Lipinski definition) is 5. The number of aromatic amines is 1. The Morgan fingerprint density at radius 2 is 1.70 bits per heavy atom. The highest BCUT2D eigenvalue weighted by Gasteiger charge is 2.15. The zero-order chi connectivity index (χ0) is 18.4. The maximum Gasteiger partial charge on any atom is 0.161 e. The molecule has 0 fully saturated rings.